The second-order valence-corrected chi connectivity index (χ2v) is 5.34. The summed E-state index contributed by atoms with van der Waals surface area (Å²) in [5.74, 6) is 0.625. The summed E-state index contributed by atoms with van der Waals surface area (Å²) < 4.78 is 5.08. The standard InChI is InChI=1S/C15H18N4O2/c1-10-14(11(2)21-18-10)17-15(20)19(13-3-4-13)9-12-5-7-16-8-6-12/h5-8,13H,3-4,9H2,1-2H3,(H,17,20). The van der Waals surface area contributed by atoms with Crippen LogP contribution in [0, 0.1) is 13.8 Å². The van der Waals surface area contributed by atoms with Crippen LogP contribution in [0.4, 0.5) is 10.5 Å². The molecule has 0 radical (unpaired) electrons. The molecule has 1 saturated carbocycles. The molecule has 2 amide bonds. The van der Waals surface area contributed by atoms with E-state index >= 15 is 0 Å². The van der Waals surface area contributed by atoms with Gasteiger partial charge in [-0.2, -0.15) is 0 Å². The van der Waals surface area contributed by atoms with E-state index in [9.17, 15) is 4.79 Å². The van der Waals surface area contributed by atoms with E-state index in [0.29, 0.717) is 29.7 Å². The number of rotatable bonds is 4. The maximum Gasteiger partial charge on any atom is 0.322 e. The number of nitrogens with zero attached hydrogens (tertiary/aromatic N) is 3. The molecule has 0 aliphatic heterocycles. The van der Waals surface area contributed by atoms with E-state index in [1.54, 1.807) is 19.3 Å². The Bertz CT molecular complexity index is 615. The Morgan fingerprint density at radius 3 is 2.67 bits per heavy atom. The lowest BCUT2D eigenvalue weighted by Crippen LogP contribution is -2.36. The van der Waals surface area contributed by atoms with Crippen LogP contribution in [0.25, 0.3) is 0 Å². The van der Waals surface area contributed by atoms with Crippen LogP contribution in [0.5, 0.6) is 0 Å². The lowest BCUT2D eigenvalue weighted by molar-refractivity contribution is 0.206. The van der Waals surface area contributed by atoms with Crippen LogP contribution in [0.3, 0.4) is 0 Å². The third kappa shape index (κ3) is 3.04. The van der Waals surface area contributed by atoms with Gasteiger partial charge in [0.05, 0.1) is 0 Å². The van der Waals surface area contributed by atoms with Crippen LogP contribution < -0.4 is 5.32 Å². The summed E-state index contributed by atoms with van der Waals surface area (Å²) >= 11 is 0. The largest absolute Gasteiger partial charge is 0.359 e. The van der Waals surface area contributed by atoms with Gasteiger partial charge in [-0.1, -0.05) is 5.16 Å². The Labute approximate surface area is 123 Å². The zero-order chi connectivity index (χ0) is 14.8. The molecule has 1 N–H and O–H groups in total. The van der Waals surface area contributed by atoms with Crippen molar-refractivity contribution in [2.75, 3.05) is 5.32 Å². The Kier molecular flexibility index (Phi) is 3.60. The van der Waals surface area contributed by atoms with Crippen LogP contribution in [0.2, 0.25) is 0 Å². The third-order valence-corrected chi connectivity index (χ3v) is 3.62. The molecule has 21 heavy (non-hydrogen) atoms. The van der Waals surface area contributed by atoms with Crippen LogP contribution in [0.15, 0.2) is 29.0 Å². The molecule has 6 heteroatoms. The number of urea groups is 1. The highest BCUT2D eigenvalue weighted by Crippen LogP contribution is 2.29. The SMILES string of the molecule is Cc1noc(C)c1NC(=O)N(Cc1ccncc1)C1CC1. The monoisotopic (exact) mass is 286 g/mol. The second-order valence-electron chi connectivity index (χ2n) is 5.34. The van der Waals surface area contributed by atoms with Gasteiger partial charge in [0.25, 0.3) is 0 Å². The first kappa shape index (κ1) is 13.6. The van der Waals surface area contributed by atoms with E-state index in [0.717, 1.165) is 18.4 Å². The summed E-state index contributed by atoms with van der Waals surface area (Å²) in [7, 11) is 0. The summed E-state index contributed by atoms with van der Waals surface area (Å²) in [5, 5.41) is 6.77. The van der Waals surface area contributed by atoms with Crippen molar-refractivity contribution >= 4 is 11.7 Å². The minimum Gasteiger partial charge on any atom is -0.359 e. The van der Waals surface area contributed by atoms with Crippen LogP contribution in [-0.4, -0.2) is 27.1 Å². The first-order chi connectivity index (χ1) is 10.1. The quantitative estimate of drug-likeness (QED) is 0.938. The van der Waals surface area contributed by atoms with Crippen molar-refractivity contribution < 1.29 is 9.32 Å². The molecule has 1 aliphatic rings. The first-order valence-electron chi connectivity index (χ1n) is 7.04. The van der Waals surface area contributed by atoms with Crippen molar-refractivity contribution in [1.29, 1.82) is 0 Å². The van der Waals surface area contributed by atoms with Crippen molar-refractivity contribution in [2.45, 2.75) is 39.3 Å². The number of nitrogens with one attached hydrogen (secondary N) is 1. The molecule has 1 aliphatic carbocycles. The molecule has 2 heterocycles. The van der Waals surface area contributed by atoms with Gasteiger partial charge in [-0.3, -0.25) is 4.98 Å². The lowest BCUT2D eigenvalue weighted by atomic mass is 10.2. The van der Waals surface area contributed by atoms with E-state index < -0.39 is 0 Å². The van der Waals surface area contributed by atoms with Gasteiger partial charge in [0.1, 0.15) is 11.4 Å². The highest BCUT2D eigenvalue weighted by atomic mass is 16.5. The second kappa shape index (κ2) is 5.55. The number of hydrogen-bond acceptors (Lipinski definition) is 4. The predicted octanol–water partition coefficient (Wildman–Crippen LogP) is 2.88. The Balaban J connectivity index is 1.73. The Hall–Kier alpha value is -2.37. The molecule has 0 aromatic carbocycles. The van der Waals surface area contributed by atoms with Crippen molar-refractivity contribution in [2.24, 2.45) is 0 Å². The first-order valence-corrected chi connectivity index (χ1v) is 7.04. The number of aromatic nitrogens is 2. The molecule has 1 fully saturated rings. The summed E-state index contributed by atoms with van der Waals surface area (Å²) in [6, 6.07) is 4.07. The number of carbonyl (C=O) groups excluding carboxylic acids is 1. The van der Waals surface area contributed by atoms with E-state index in [1.807, 2.05) is 24.0 Å². The van der Waals surface area contributed by atoms with Gasteiger partial charge in [0.2, 0.25) is 0 Å². The van der Waals surface area contributed by atoms with Gasteiger partial charge in [-0.15, -0.1) is 0 Å². The van der Waals surface area contributed by atoms with Crippen LogP contribution >= 0.6 is 0 Å². The molecular formula is C15H18N4O2. The molecule has 3 rings (SSSR count). The van der Waals surface area contributed by atoms with Gasteiger partial charge in [0, 0.05) is 25.0 Å². The fraction of sp³-hybridized carbons (Fsp3) is 0.400. The number of pyridine rings is 1. The van der Waals surface area contributed by atoms with Gasteiger partial charge >= 0.3 is 6.03 Å². The average Bonchev–Trinajstić information content (AvgIpc) is 3.28. The van der Waals surface area contributed by atoms with Crippen molar-refractivity contribution in [1.82, 2.24) is 15.0 Å². The van der Waals surface area contributed by atoms with Gasteiger partial charge in [-0.05, 0) is 44.4 Å². The Morgan fingerprint density at radius 1 is 1.38 bits per heavy atom. The molecule has 6 nitrogen and oxygen atoms in total. The van der Waals surface area contributed by atoms with E-state index in [2.05, 4.69) is 15.5 Å². The zero-order valence-corrected chi connectivity index (χ0v) is 12.2. The highest BCUT2D eigenvalue weighted by molar-refractivity contribution is 5.90. The maximum atomic E-state index is 12.5. The average molecular weight is 286 g/mol. The molecule has 2 aromatic heterocycles. The Morgan fingerprint density at radius 2 is 2.10 bits per heavy atom. The van der Waals surface area contributed by atoms with E-state index in [1.165, 1.54) is 0 Å². The third-order valence-electron chi connectivity index (χ3n) is 3.62. The predicted molar refractivity (Wildman–Crippen MR) is 77.8 cm³/mol. The molecule has 0 atom stereocenters. The summed E-state index contributed by atoms with van der Waals surface area (Å²) in [4.78, 5) is 18.4. The minimum absolute atomic E-state index is 0.108. The number of amides is 2. The zero-order valence-electron chi connectivity index (χ0n) is 12.2. The molecule has 0 spiro atoms. The highest BCUT2D eigenvalue weighted by Gasteiger charge is 2.33. The minimum atomic E-state index is -0.108. The fourth-order valence-electron chi connectivity index (χ4n) is 2.28. The molecule has 110 valence electrons. The fourth-order valence-corrected chi connectivity index (χ4v) is 2.28. The molecule has 0 unspecified atom stereocenters. The van der Waals surface area contributed by atoms with Gasteiger partial charge in [-0.25, -0.2) is 4.79 Å². The van der Waals surface area contributed by atoms with Crippen molar-refractivity contribution in [3.8, 4) is 0 Å². The lowest BCUT2D eigenvalue weighted by Gasteiger charge is -2.22. The van der Waals surface area contributed by atoms with Crippen molar-refractivity contribution in [3.63, 3.8) is 0 Å². The number of hydrogen-bond donors (Lipinski definition) is 1. The number of anilines is 1. The molecule has 2 aromatic rings. The van der Waals surface area contributed by atoms with Gasteiger partial charge in [0.15, 0.2) is 5.76 Å². The van der Waals surface area contributed by atoms with E-state index in [4.69, 9.17) is 4.52 Å². The van der Waals surface area contributed by atoms with Crippen molar-refractivity contribution in [3.05, 3.63) is 41.5 Å². The van der Waals surface area contributed by atoms with E-state index in [-0.39, 0.29) is 6.03 Å². The normalized spacial score (nSPS) is 14.0. The maximum absolute atomic E-state index is 12.5. The summed E-state index contributed by atoms with van der Waals surface area (Å²) in [5.41, 5.74) is 2.44. The van der Waals surface area contributed by atoms with Crippen LogP contribution in [0.1, 0.15) is 29.9 Å². The van der Waals surface area contributed by atoms with Crippen LogP contribution in [-0.2, 0) is 6.54 Å². The smallest absolute Gasteiger partial charge is 0.322 e. The molecular weight excluding hydrogens is 268 g/mol. The molecule has 0 bridgehead atoms. The van der Waals surface area contributed by atoms with Gasteiger partial charge < -0.3 is 14.7 Å². The topological polar surface area (TPSA) is 71.3 Å². The summed E-state index contributed by atoms with van der Waals surface area (Å²) in [6.07, 6.45) is 5.60. The summed E-state index contributed by atoms with van der Waals surface area (Å²) in [6.45, 7) is 4.19. The number of carbonyl (C=O) groups is 1. The molecule has 0 saturated heterocycles. The number of aryl methyl sites for hydroxylation is 2.